The van der Waals surface area contributed by atoms with Gasteiger partial charge in [-0.05, 0) is 159 Å². The van der Waals surface area contributed by atoms with E-state index in [1.165, 1.54) is 159 Å². The van der Waals surface area contributed by atoms with Gasteiger partial charge in [-0.3, -0.25) is 0 Å². The molecule has 0 aliphatic heterocycles. The van der Waals surface area contributed by atoms with Crippen LogP contribution >= 0.6 is 11.3 Å². The smallest absolute Gasteiger partial charge is 0.0541 e. The third-order valence-corrected chi connectivity index (χ3v) is 20.7. The van der Waals surface area contributed by atoms with Crippen molar-refractivity contribution in [1.82, 2.24) is 4.57 Å². The van der Waals surface area contributed by atoms with Crippen molar-refractivity contribution in [3.8, 4) is 117 Å². The first-order valence-corrected chi connectivity index (χ1v) is 33.0. The van der Waals surface area contributed by atoms with E-state index in [1.54, 1.807) is 0 Å². The Labute approximate surface area is 545 Å². The van der Waals surface area contributed by atoms with E-state index in [0.29, 0.717) is 0 Å². The van der Waals surface area contributed by atoms with Gasteiger partial charge in [0.2, 0.25) is 0 Å². The molecule has 0 fully saturated rings. The molecule has 1 nitrogen and oxygen atoms in total. The molecule has 2 aromatic heterocycles. The second-order valence-electron chi connectivity index (χ2n) is 24.5. The Kier molecular flexibility index (Phi) is 13.2. The van der Waals surface area contributed by atoms with Crippen LogP contribution in [-0.4, -0.2) is 4.57 Å². The zero-order valence-corrected chi connectivity index (χ0v) is 51.7. The average molecular weight is 1200 g/mol. The Morgan fingerprint density at radius 3 is 0.935 bits per heavy atom. The Morgan fingerprint density at radius 2 is 0.516 bits per heavy atom. The SMILES string of the molecule is c1ccc(-c2ccccc2-c2ccc3c(c2)-c2cc(-c4ccccc4-c4ccccc4)ccc2C3c2cccc3c2sc2c(-c4ccccc4-n4c5ccc(-c6ccccc6-c6ccccc6)cc5c5cc(-c6ccccc6-c6ccccc6)ccc54)cccc23)cc1. The van der Waals surface area contributed by atoms with Gasteiger partial charge in [0.25, 0.3) is 0 Å². The van der Waals surface area contributed by atoms with E-state index in [9.17, 15) is 0 Å². The quantitative estimate of drug-likeness (QED) is 0.122. The zero-order chi connectivity index (χ0) is 61.3. The molecule has 0 amide bonds. The number of fused-ring (bicyclic) bond motifs is 9. The standard InChI is InChI=1S/C91H59NS/c1-5-25-59(26-6-1)67-33-13-17-37-71(67)63-47-51-76-82(55-63)83-56-64(72-38-18-14-34-68(72)60-27-7-2-8-28-60)48-52-77(83)89(76)81-45-24-44-80-79-43-23-42-78(90(79)93-91(80)81)75-41-21-22-46-86(75)92-87-53-49-65(73-39-19-15-35-69(73)61-29-9-3-10-30-61)57-84(87)85-58-66(50-54-88(85)92)74-40-20-16-36-70(74)62-31-11-4-12-32-62/h1-58,89H. The number of hydrogen-bond donors (Lipinski definition) is 0. The molecule has 18 rings (SSSR count). The monoisotopic (exact) mass is 1200 g/mol. The molecule has 0 atom stereocenters. The van der Waals surface area contributed by atoms with Crippen LogP contribution in [0.3, 0.4) is 0 Å². The summed E-state index contributed by atoms with van der Waals surface area (Å²) in [6, 6.07) is 131. The van der Waals surface area contributed by atoms with Gasteiger partial charge in [-0.25, -0.2) is 0 Å². The first-order valence-electron chi connectivity index (χ1n) is 32.2. The lowest BCUT2D eigenvalue weighted by Gasteiger charge is -2.17. The molecular weight excluding hydrogens is 1140 g/mol. The molecule has 434 valence electrons. The number of nitrogens with zero attached hydrogens (tertiary/aromatic N) is 1. The molecule has 2 heterocycles. The van der Waals surface area contributed by atoms with Crippen LogP contribution in [0, 0.1) is 0 Å². The Balaban J connectivity index is 0.812. The molecule has 1 aliphatic rings. The predicted octanol–water partition coefficient (Wildman–Crippen LogP) is 25.3. The summed E-state index contributed by atoms with van der Waals surface area (Å²) in [4.78, 5) is 0. The largest absolute Gasteiger partial charge is 0.309 e. The Morgan fingerprint density at radius 1 is 0.194 bits per heavy atom. The minimum Gasteiger partial charge on any atom is -0.309 e. The molecule has 0 bridgehead atoms. The zero-order valence-electron chi connectivity index (χ0n) is 50.9. The second kappa shape index (κ2) is 22.7. The average Bonchev–Trinajstić information content (AvgIpc) is 1.59. The van der Waals surface area contributed by atoms with Crippen LogP contribution in [0.15, 0.2) is 352 Å². The second-order valence-corrected chi connectivity index (χ2v) is 25.5. The molecule has 0 spiro atoms. The van der Waals surface area contributed by atoms with Gasteiger partial charge in [0, 0.05) is 48.0 Å². The summed E-state index contributed by atoms with van der Waals surface area (Å²) in [5.41, 5.74) is 31.9. The molecule has 0 unspecified atom stereocenters. The number of hydrogen-bond acceptors (Lipinski definition) is 1. The van der Waals surface area contributed by atoms with E-state index in [0.717, 1.165) is 16.7 Å². The molecule has 93 heavy (non-hydrogen) atoms. The van der Waals surface area contributed by atoms with E-state index in [1.807, 2.05) is 11.3 Å². The fraction of sp³-hybridized carbons (Fsp3) is 0.0110. The van der Waals surface area contributed by atoms with Crippen LogP contribution in [0.5, 0.6) is 0 Å². The fourth-order valence-corrected chi connectivity index (χ4v) is 16.5. The van der Waals surface area contributed by atoms with Crippen molar-refractivity contribution in [2.24, 2.45) is 0 Å². The van der Waals surface area contributed by atoms with Crippen LogP contribution in [0.1, 0.15) is 22.6 Å². The third-order valence-electron chi connectivity index (χ3n) is 19.4. The first kappa shape index (κ1) is 54.3. The van der Waals surface area contributed by atoms with Gasteiger partial charge >= 0.3 is 0 Å². The van der Waals surface area contributed by atoms with E-state index < -0.39 is 0 Å². The Hall–Kier alpha value is -11.7. The van der Waals surface area contributed by atoms with E-state index in [2.05, 4.69) is 356 Å². The van der Waals surface area contributed by atoms with Gasteiger partial charge in [0.05, 0.1) is 16.7 Å². The lowest BCUT2D eigenvalue weighted by Crippen LogP contribution is -1.99. The number of para-hydroxylation sites is 1. The van der Waals surface area contributed by atoms with Crippen LogP contribution in [0.2, 0.25) is 0 Å². The van der Waals surface area contributed by atoms with Crippen molar-refractivity contribution in [3.05, 3.63) is 369 Å². The lowest BCUT2D eigenvalue weighted by molar-refractivity contribution is 1.03. The summed E-state index contributed by atoms with van der Waals surface area (Å²) in [5.74, 6) is 0.00559. The van der Waals surface area contributed by atoms with Gasteiger partial charge in [-0.15, -0.1) is 11.3 Å². The molecule has 0 N–H and O–H groups in total. The van der Waals surface area contributed by atoms with Crippen molar-refractivity contribution in [2.45, 2.75) is 5.92 Å². The molecule has 2 heteroatoms. The number of aromatic nitrogens is 1. The van der Waals surface area contributed by atoms with Crippen molar-refractivity contribution in [3.63, 3.8) is 0 Å². The van der Waals surface area contributed by atoms with Gasteiger partial charge in [-0.2, -0.15) is 0 Å². The van der Waals surface area contributed by atoms with E-state index in [4.69, 9.17) is 0 Å². The minimum atomic E-state index is 0.00559. The molecular formula is C91H59NS. The van der Waals surface area contributed by atoms with Crippen molar-refractivity contribution in [1.29, 1.82) is 0 Å². The van der Waals surface area contributed by atoms with Gasteiger partial charge in [-0.1, -0.05) is 309 Å². The summed E-state index contributed by atoms with van der Waals surface area (Å²) in [7, 11) is 0. The van der Waals surface area contributed by atoms with Crippen LogP contribution < -0.4 is 0 Å². The molecule has 0 radical (unpaired) electrons. The number of thiophene rings is 1. The third kappa shape index (κ3) is 9.21. The predicted molar refractivity (Wildman–Crippen MR) is 395 cm³/mol. The maximum Gasteiger partial charge on any atom is 0.0541 e. The molecule has 1 aliphatic carbocycles. The fourth-order valence-electron chi connectivity index (χ4n) is 15.1. The highest BCUT2D eigenvalue weighted by molar-refractivity contribution is 7.26. The molecule has 15 aromatic carbocycles. The summed E-state index contributed by atoms with van der Waals surface area (Å²) >= 11 is 1.95. The lowest BCUT2D eigenvalue weighted by atomic mass is 9.87. The maximum absolute atomic E-state index is 2.53. The number of benzene rings is 15. The topological polar surface area (TPSA) is 4.93 Å². The molecule has 0 saturated heterocycles. The normalized spacial score (nSPS) is 12.0. The highest BCUT2D eigenvalue weighted by atomic mass is 32.1. The summed E-state index contributed by atoms with van der Waals surface area (Å²) < 4.78 is 5.14. The van der Waals surface area contributed by atoms with Crippen LogP contribution in [0.25, 0.3) is 159 Å². The van der Waals surface area contributed by atoms with Gasteiger partial charge in [0.1, 0.15) is 0 Å². The highest BCUT2D eigenvalue weighted by Crippen LogP contribution is 2.55. The highest BCUT2D eigenvalue weighted by Gasteiger charge is 2.33. The molecule has 0 saturated carbocycles. The number of rotatable bonds is 11. The van der Waals surface area contributed by atoms with Crippen molar-refractivity contribution < 1.29 is 0 Å². The van der Waals surface area contributed by atoms with Crippen LogP contribution in [-0.2, 0) is 0 Å². The maximum atomic E-state index is 2.53. The van der Waals surface area contributed by atoms with Crippen molar-refractivity contribution in [2.75, 3.05) is 0 Å². The minimum absolute atomic E-state index is 0.00559. The summed E-state index contributed by atoms with van der Waals surface area (Å²) in [6.07, 6.45) is 0. The van der Waals surface area contributed by atoms with Crippen molar-refractivity contribution >= 4 is 53.3 Å². The summed E-state index contributed by atoms with van der Waals surface area (Å²) in [6.45, 7) is 0. The summed E-state index contributed by atoms with van der Waals surface area (Å²) in [5, 5.41) is 4.98. The van der Waals surface area contributed by atoms with Crippen LogP contribution in [0.4, 0.5) is 0 Å². The Bertz CT molecular complexity index is 5460. The van der Waals surface area contributed by atoms with E-state index in [-0.39, 0.29) is 5.92 Å². The first-order chi connectivity index (χ1) is 46.2. The molecule has 17 aromatic rings. The van der Waals surface area contributed by atoms with Gasteiger partial charge in [0.15, 0.2) is 0 Å². The van der Waals surface area contributed by atoms with E-state index >= 15 is 0 Å². The van der Waals surface area contributed by atoms with Gasteiger partial charge < -0.3 is 4.57 Å².